The van der Waals surface area contributed by atoms with Gasteiger partial charge in [0.25, 0.3) is 5.91 Å². The minimum absolute atomic E-state index is 0.159. The fourth-order valence-electron chi connectivity index (χ4n) is 4.64. The van der Waals surface area contributed by atoms with E-state index in [9.17, 15) is 9.59 Å². The van der Waals surface area contributed by atoms with Gasteiger partial charge in [0.2, 0.25) is 0 Å². The summed E-state index contributed by atoms with van der Waals surface area (Å²) >= 11 is 0. The zero-order valence-electron chi connectivity index (χ0n) is 19.9. The average Bonchev–Trinajstić information content (AvgIpc) is 3.29. The van der Waals surface area contributed by atoms with E-state index in [1.165, 1.54) is 0 Å². The monoisotopic (exact) mass is 473 g/mol. The summed E-state index contributed by atoms with van der Waals surface area (Å²) < 4.78 is 7.25. The third-order valence-corrected chi connectivity index (χ3v) is 6.56. The van der Waals surface area contributed by atoms with Gasteiger partial charge in [-0.05, 0) is 66.9 Å². The third kappa shape index (κ3) is 3.64. The number of pyridine rings is 1. The van der Waals surface area contributed by atoms with E-state index in [4.69, 9.17) is 4.42 Å². The van der Waals surface area contributed by atoms with Crippen molar-refractivity contribution in [3.63, 3.8) is 0 Å². The van der Waals surface area contributed by atoms with E-state index < -0.39 is 11.2 Å². The molecule has 6 nitrogen and oxygen atoms in total. The van der Waals surface area contributed by atoms with Gasteiger partial charge in [-0.25, -0.2) is 9.31 Å². The minimum Gasteiger partial charge on any atom is -0.422 e. The van der Waals surface area contributed by atoms with Gasteiger partial charge in [0, 0.05) is 17.1 Å². The molecular weight excluding hydrogens is 450 g/mol. The van der Waals surface area contributed by atoms with Gasteiger partial charge in [0.05, 0.1) is 11.1 Å². The smallest absolute Gasteiger partial charge is 0.348 e. The molecule has 0 radical (unpaired) electrons. The lowest BCUT2D eigenvalue weighted by atomic mass is 9.93. The number of nitrogens with zero attached hydrogens (tertiary/aromatic N) is 2. The fourth-order valence-corrected chi connectivity index (χ4v) is 4.64. The second kappa shape index (κ2) is 8.20. The quantitative estimate of drug-likeness (QED) is 0.322. The predicted octanol–water partition coefficient (Wildman–Crippen LogP) is 5.93. The van der Waals surface area contributed by atoms with Crippen LogP contribution in [0, 0.1) is 0 Å². The van der Waals surface area contributed by atoms with Crippen LogP contribution in [0.2, 0.25) is 0 Å². The second-order valence-electron chi connectivity index (χ2n) is 9.38. The molecule has 3 aromatic heterocycles. The van der Waals surface area contributed by atoms with Crippen LogP contribution in [0.15, 0.2) is 106 Å². The largest absolute Gasteiger partial charge is 0.422 e. The van der Waals surface area contributed by atoms with Gasteiger partial charge < -0.3 is 9.73 Å². The number of hydrogen-bond donors (Lipinski definition) is 1. The Morgan fingerprint density at radius 1 is 0.889 bits per heavy atom. The van der Waals surface area contributed by atoms with Crippen LogP contribution in [0.4, 0.5) is 0 Å². The van der Waals surface area contributed by atoms with Crippen LogP contribution in [-0.4, -0.2) is 15.5 Å². The van der Waals surface area contributed by atoms with Crippen molar-refractivity contribution in [1.29, 1.82) is 0 Å². The number of para-hydroxylation sites is 1. The number of rotatable bonds is 4. The maximum atomic E-state index is 13.2. The molecule has 0 spiro atoms. The highest BCUT2D eigenvalue weighted by Gasteiger charge is 2.23. The zero-order valence-corrected chi connectivity index (χ0v) is 19.9. The number of fused-ring (bicyclic) bond motifs is 5. The molecule has 0 unspecified atom stereocenters. The molecule has 3 heterocycles. The molecule has 0 atom stereocenters. The Morgan fingerprint density at radius 2 is 1.64 bits per heavy atom. The van der Waals surface area contributed by atoms with Crippen molar-refractivity contribution in [2.75, 3.05) is 0 Å². The lowest BCUT2D eigenvalue weighted by molar-refractivity contribution is 0.0912. The van der Waals surface area contributed by atoms with Gasteiger partial charge in [-0.3, -0.25) is 4.79 Å². The maximum Gasteiger partial charge on any atom is 0.348 e. The van der Waals surface area contributed by atoms with Crippen LogP contribution in [0.1, 0.15) is 29.8 Å². The topological polar surface area (TPSA) is 76.6 Å². The first-order chi connectivity index (χ1) is 17.4. The van der Waals surface area contributed by atoms with E-state index in [1.807, 2.05) is 98.9 Å². The summed E-state index contributed by atoms with van der Waals surface area (Å²) in [6.07, 6.45) is 1.82. The van der Waals surface area contributed by atoms with Crippen LogP contribution >= 0.6 is 0 Å². The first-order valence-electron chi connectivity index (χ1n) is 11.7. The number of carbonyl (C=O) groups excluding carboxylic acids is 1. The number of amides is 1. The number of benzene rings is 3. The summed E-state index contributed by atoms with van der Waals surface area (Å²) in [5, 5.41) is 9.01. The molecule has 1 N–H and O–H groups in total. The van der Waals surface area contributed by atoms with Gasteiger partial charge in [-0.2, -0.15) is 5.10 Å². The summed E-state index contributed by atoms with van der Waals surface area (Å²) in [7, 11) is 0. The summed E-state index contributed by atoms with van der Waals surface area (Å²) in [5.41, 5.74) is 4.14. The number of hydrogen-bond acceptors (Lipinski definition) is 4. The average molecular weight is 474 g/mol. The van der Waals surface area contributed by atoms with Crippen LogP contribution in [-0.2, 0) is 5.54 Å². The molecule has 3 aromatic carbocycles. The molecule has 36 heavy (non-hydrogen) atoms. The number of nitrogens with one attached hydrogen (secondary N) is 1. The number of aromatic nitrogens is 2. The first kappa shape index (κ1) is 21.8. The van der Waals surface area contributed by atoms with Crippen molar-refractivity contribution in [1.82, 2.24) is 14.9 Å². The van der Waals surface area contributed by atoms with Crippen molar-refractivity contribution in [3.05, 3.63) is 119 Å². The van der Waals surface area contributed by atoms with Gasteiger partial charge in [0.1, 0.15) is 16.5 Å². The first-order valence-corrected chi connectivity index (χ1v) is 11.7. The van der Waals surface area contributed by atoms with E-state index in [2.05, 4.69) is 10.4 Å². The Morgan fingerprint density at radius 3 is 2.47 bits per heavy atom. The molecular formula is C30H23N3O3. The molecule has 0 bridgehead atoms. The van der Waals surface area contributed by atoms with E-state index in [1.54, 1.807) is 16.6 Å². The van der Waals surface area contributed by atoms with Gasteiger partial charge in [-0.1, -0.05) is 54.6 Å². The minimum atomic E-state index is -0.527. The fraction of sp³-hybridized carbons (Fsp3) is 0.100. The highest BCUT2D eigenvalue weighted by Crippen LogP contribution is 2.29. The molecule has 6 heteroatoms. The van der Waals surface area contributed by atoms with Gasteiger partial charge in [-0.15, -0.1) is 0 Å². The van der Waals surface area contributed by atoms with Crippen molar-refractivity contribution < 1.29 is 9.21 Å². The highest BCUT2D eigenvalue weighted by molar-refractivity contribution is 6.08. The van der Waals surface area contributed by atoms with E-state index in [-0.39, 0.29) is 5.91 Å². The van der Waals surface area contributed by atoms with Crippen LogP contribution < -0.4 is 10.9 Å². The Kier molecular flexibility index (Phi) is 4.97. The molecule has 1 amide bonds. The Hall–Kier alpha value is -4.71. The molecule has 6 aromatic rings. The van der Waals surface area contributed by atoms with E-state index >= 15 is 0 Å². The predicted molar refractivity (Wildman–Crippen MR) is 141 cm³/mol. The normalized spacial score (nSPS) is 11.8. The summed E-state index contributed by atoms with van der Waals surface area (Å²) in [6, 6.07) is 28.6. The summed E-state index contributed by atoms with van der Waals surface area (Å²) in [6.45, 7) is 3.97. The second-order valence-corrected chi connectivity index (χ2v) is 9.38. The van der Waals surface area contributed by atoms with E-state index in [0.717, 1.165) is 22.1 Å². The lowest BCUT2D eigenvalue weighted by Gasteiger charge is -2.27. The molecule has 0 saturated heterocycles. The maximum absolute atomic E-state index is 13.2. The van der Waals surface area contributed by atoms with Crippen molar-refractivity contribution in [2.24, 2.45) is 0 Å². The SMILES string of the molecule is CC(C)(NC(=O)c1cccc(-c2ccn3nc4c5ccccc5oc(=O)c4c3c2)c1)c1ccccc1. The molecule has 0 aliphatic carbocycles. The molecule has 176 valence electrons. The third-order valence-electron chi connectivity index (χ3n) is 6.56. The lowest BCUT2D eigenvalue weighted by Crippen LogP contribution is -2.40. The van der Waals surface area contributed by atoms with Crippen LogP contribution in [0.25, 0.3) is 38.5 Å². The molecule has 0 fully saturated rings. The van der Waals surface area contributed by atoms with E-state index in [0.29, 0.717) is 27.6 Å². The molecule has 0 aliphatic rings. The van der Waals surface area contributed by atoms with Crippen molar-refractivity contribution in [2.45, 2.75) is 19.4 Å². The zero-order chi connectivity index (χ0) is 24.9. The Labute approximate surface area is 206 Å². The molecule has 6 rings (SSSR count). The highest BCUT2D eigenvalue weighted by atomic mass is 16.4. The molecule has 0 saturated carbocycles. The molecule has 0 aliphatic heterocycles. The van der Waals surface area contributed by atoms with Crippen LogP contribution in [0.3, 0.4) is 0 Å². The number of carbonyl (C=O) groups is 1. The Bertz CT molecular complexity index is 1830. The standard InChI is InChI=1S/C30H23N3O3/c1-30(2,22-11-4-3-5-12-22)31-28(34)21-10-8-9-19(17-21)20-15-16-33-24(18-20)26-27(32-33)23-13-6-7-14-25(23)36-29(26)35/h3-18H,1-2H3,(H,31,34). The van der Waals surface area contributed by atoms with Gasteiger partial charge in [0.15, 0.2) is 0 Å². The van der Waals surface area contributed by atoms with Crippen LogP contribution in [0.5, 0.6) is 0 Å². The summed E-state index contributed by atoms with van der Waals surface area (Å²) in [5.74, 6) is -0.159. The van der Waals surface area contributed by atoms with Gasteiger partial charge >= 0.3 is 5.63 Å². The Balaban J connectivity index is 1.39. The van der Waals surface area contributed by atoms with Crippen molar-refractivity contribution >= 4 is 33.3 Å². The summed E-state index contributed by atoms with van der Waals surface area (Å²) in [4.78, 5) is 26.0. The van der Waals surface area contributed by atoms with Crippen molar-refractivity contribution in [3.8, 4) is 11.1 Å².